The third kappa shape index (κ3) is 5.44. The molecular formula is C19H19BrN2O4. The fraction of sp³-hybridized carbons (Fsp3) is 0.158. The molecule has 136 valence electrons. The van der Waals surface area contributed by atoms with E-state index in [4.69, 9.17) is 9.84 Å². The Morgan fingerprint density at radius 1 is 1.15 bits per heavy atom. The minimum atomic E-state index is -0.490. The van der Waals surface area contributed by atoms with E-state index in [2.05, 4.69) is 26.6 Å². The minimum Gasteiger partial charge on any atom is -0.497 e. The average molecular weight is 419 g/mol. The zero-order chi connectivity index (χ0) is 18.9. The van der Waals surface area contributed by atoms with E-state index in [-0.39, 0.29) is 18.8 Å². The van der Waals surface area contributed by atoms with Crippen molar-refractivity contribution in [1.29, 1.82) is 0 Å². The molecule has 0 aliphatic heterocycles. The van der Waals surface area contributed by atoms with Crippen molar-refractivity contribution in [2.24, 2.45) is 0 Å². The lowest BCUT2D eigenvalue weighted by Crippen LogP contribution is -2.36. The van der Waals surface area contributed by atoms with Crippen LogP contribution in [0.3, 0.4) is 0 Å². The first-order valence-corrected chi connectivity index (χ1v) is 8.65. The van der Waals surface area contributed by atoms with Crippen LogP contribution in [0.2, 0.25) is 0 Å². The lowest BCUT2D eigenvalue weighted by atomic mass is 10.1. The van der Waals surface area contributed by atoms with Gasteiger partial charge in [0.15, 0.2) is 0 Å². The molecule has 2 aromatic carbocycles. The molecule has 0 aliphatic carbocycles. The van der Waals surface area contributed by atoms with Crippen LogP contribution in [0, 0.1) is 0 Å². The van der Waals surface area contributed by atoms with Crippen molar-refractivity contribution in [2.45, 2.75) is 0 Å². The standard InChI is InChI=1S/C19H19BrN2O4/c1-26-14-8-6-13(7-9-14)12-17(19(25)21-10-11-23)22-18(24)15-4-2-3-5-16(15)20/h2-9,12,23H,10-11H2,1H3,(H,21,25)(H,22,24). The Balaban J connectivity index is 2.28. The van der Waals surface area contributed by atoms with Crippen LogP contribution in [-0.2, 0) is 4.79 Å². The number of hydrogen-bond donors (Lipinski definition) is 3. The molecule has 0 aliphatic rings. The number of nitrogens with one attached hydrogen (secondary N) is 2. The molecule has 6 nitrogen and oxygen atoms in total. The Morgan fingerprint density at radius 2 is 1.85 bits per heavy atom. The van der Waals surface area contributed by atoms with Gasteiger partial charge in [-0.05, 0) is 51.8 Å². The Kier molecular flexibility index (Phi) is 7.37. The maximum absolute atomic E-state index is 12.5. The van der Waals surface area contributed by atoms with Crippen molar-refractivity contribution < 1.29 is 19.4 Å². The molecule has 0 spiro atoms. The lowest BCUT2D eigenvalue weighted by molar-refractivity contribution is -0.117. The first-order chi connectivity index (χ1) is 12.5. The van der Waals surface area contributed by atoms with Crippen LogP contribution < -0.4 is 15.4 Å². The number of carbonyl (C=O) groups excluding carboxylic acids is 2. The smallest absolute Gasteiger partial charge is 0.267 e. The van der Waals surface area contributed by atoms with Crippen LogP contribution in [0.1, 0.15) is 15.9 Å². The van der Waals surface area contributed by atoms with Crippen molar-refractivity contribution in [2.75, 3.05) is 20.3 Å². The van der Waals surface area contributed by atoms with E-state index in [0.717, 1.165) is 0 Å². The maximum Gasteiger partial charge on any atom is 0.267 e. The highest BCUT2D eigenvalue weighted by Gasteiger charge is 2.16. The number of aliphatic hydroxyl groups is 1. The normalized spacial score (nSPS) is 11.0. The molecule has 0 aromatic heterocycles. The second-order valence-electron chi connectivity index (χ2n) is 5.24. The summed E-state index contributed by atoms with van der Waals surface area (Å²) in [5, 5.41) is 14.1. The van der Waals surface area contributed by atoms with Gasteiger partial charge >= 0.3 is 0 Å². The van der Waals surface area contributed by atoms with Gasteiger partial charge in [-0.1, -0.05) is 24.3 Å². The number of rotatable bonds is 7. The Labute approximate surface area is 160 Å². The van der Waals surface area contributed by atoms with E-state index in [1.54, 1.807) is 61.7 Å². The molecule has 0 fully saturated rings. The molecule has 7 heteroatoms. The highest BCUT2D eigenvalue weighted by atomic mass is 79.9. The van der Waals surface area contributed by atoms with Crippen LogP contribution in [0.5, 0.6) is 5.75 Å². The molecule has 3 N–H and O–H groups in total. The number of ether oxygens (including phenoxy) is 1. The van der Waals surface area contributed by atoms with Crippen molar-refractivity contribution >= 4 is 33.8 Å². The number of aliphatic hydroxyl groups excluding tert-OH is 1. The van der Waals surface area contributed by atoms with E-state index in [1.807, 2.05) is 0 Å². The van der Waals surface area contributed by atoms with E-state index in [9.17, 15) is 9.59 Å². The Bertz CT molecular complexity index is 803. The highest BCUT2D eigenvalue weighted by molar-refractivity contribution is 9.10. The fourth-order valence-corrected chi connectivity index (χ4v) is 2.59. The zero-order valence-corrected chi connectivity index (χ0v) is 15.7. The topological polar surface area (TPSA) is 87.7 Å². The van der Waals surface area contributed by atoms with Crippen LogP contribution in [-0.4, -0.2) is 37.2 Å². The molecule has 0 saturated carbocycles. The van der Waals surface area contributed by atoms with Gasteiger partial charge in [-0.2, -0.15) is 0 Å². The van der Waals surface area contributed by atoms with Crippen LogP contribution in [0.15, 0.2) is 58.7 Å². The molecule has 0 saturated heterocycles. The number of benzene rings is 2. The summed E-state index contributed by atoms with van der Waals surface area (Å²) in [4.78, 5) is 24.9. The molecule has 2 rings (SSSR count). The number of amides is 2. The molecule has 0 atom stereocenters. The van der Waals surface area contributed by atoms with Gasteiger partial charge in [0.25, 0.3) is 11.8 Å². The predicted octanol–water partition coefficient (Wildman–Crippen LogP) is 2.34. The zero-order valence-electron chi connectivity index (χ0n) is 14.2. The first-order valence-electron chi connectivity index (χ1n) is 7.86. The molecule has 0 unspecified atom stereocenters. The second-order valence-corrected chi connectivity index (χ2v) is 6.10. The third-order valence-electron chi connectivity index (χ3n) is 3.44. The third-order valence-corrected chi connectivity index (χ3v) is 4.13. The number of halogens is 1. The van der Waals surface area contributed by atoms with E-state index < -0.39 is 11.8 Å². The molecule has 2 aromatic rings. The maximum atomic E-state index is 12.5. The van der Waals surface area contributed by atoms with Crippen molar-refractivity contribution in [3.8, 4) is 5.75 Å². The van der Waals surface area contributed by atoms with Gasteiger partial charge in [-0.15, -0.1) is 0 Å². The van der Waals surface area contributed by atoms with Gasteiger partial charge in [-0.25, -0.2) is 0 Å². The quantitative estimate of drug-likeness (QED) is 0.602. The summed E-state index contributed by atoms with van der Waals surface area (Å²) in [6.07, 6.45) is 1.56. The average Bonchev–Trinajstić information content (AvgIpc) is 2.66. The van der Waals surface area contributed by atoms with Crippen LogP contribution in [0.25, 0.3) is 6.08 Å². The summed E-state index contributed by atoms with van der Waals surface area (Å²) >= 11 is 3.32. The van der Waals surface area contributed by atoms with Crippen molar-refractivity contribution in [3.05, 3.63) is 69.8 Å². The predicted molar refractivity (Wildman–Crippen MR) is 103 cm³/mol. The molecule has 0 radical (unpaired) electrons. The lowest BCUT2D eigenvalue weighted by Gasteiger charge is -2.11. The number of hydrogen-bond acceptors (Lipinski definition) is 4. The van der Waals surface area contributed by atoms with Gasteiger partial charge in [-0.3, -0.25) is 9.59 Å². The van der Waals surface area contributed by atoms with Gasteiger partial charge in [0.05, 0.1) is 19.3 Å². The molecule has 2 amide bonds. The van der Waals surface area contributed by atoms with Crippen LogP contribution >= 0.6 is 15.9 Å². The highest BCUT2D eigenvalue weighted by Crippen LogP contribution is 2.17. The van der Waals surface area contributed by atoms with E-state index in [1.165, 1.54) is 0 Å². The molecular weight excluding hydrogens is 400 g/mol. The minimum absolute atomic E-state index is 0.0735. The second kappa shape index (κ2) is 9.74. The summed E-state index contributed by atoms with van der Waals surface area (Å²) in [6.45, 7) is -0.108. The van der Waals surface area contributed by atoms with Crippen molar-refractivity contribution in [3.63, 3.8) is 0 Å². The Morgan fingerprint density at radius 3 is 2.46 bits per heavy atom. The molecule has 0 heterocycles. The number of methoxy groups -OCH3 is 1. The van der Waals surface area contributed by atoms with Gasteiger partial charge in [0.2, 0.25) is 0 Å². The Hall–Kier alpha value is -2.64. The largest absolute Gasteiger partial charge is 0.497 e. The summed E-state index contributed by atoms with van der Waals surface area (Å²) in [5.74, 6) is -0.225. The van der Waals surface area contributed by atoms with Gasteiger partial charge in [0.1, 0.15) is 11.4 Å². The monoisotopic (exact) mass is 418 g/mol. The summed E-state index contributed by atoms with van der Waals surface area (Å²) in [7, 11) is 1.57. The summed E-state index contributed by atoms with van der Waals surface area (Å²) in [6, 6.07) is 14.0. The summed E-state index contributed by atoms with van der Waals surface area (Å²) < 4.78 is 5.73. The van der Waals surface area contributed by atoms with Crippen molar-refractivity contribution in [1.82, 2.24) is 10.6 Å². The first kappa shape index (κ1) is 19.7. The molecule has 0 bridgehead atoms. The van der Waals surface area contributed by atoms with E-state index in [0.29, 0.717) is 21.3 Å². The number of carbonyl (C=O) groups is 2. The molecule has 26 heavy (non-hydrogen) atoms. The van der Waals surface area contributed by atoms with Crippen LogP contribution in [0.4, 0.5) is 0 Å². The summed E-state index contributed by atoms with van der Waals surface area (Å²) in [5.41, 5.74) is 1.19. The van der Waals surface area contributed by atoms with E-state index >= 15 is 0 Å². The van der Waals surface area contributed by atoms with Gasteiger partial charge in [0, 0.05) is 11.0 Å². The van der Waals surface area contributed by atoms with Gasteiger partial charge < -0.3 is 20.5 Å². The fourth-order valence-electron chi connectivity index (χ4n) is 2.12. The SMILES string of the molecule is COc1ccc(C=C(NC(=O)c2ccccc2Br)C(=O)NCCO)cc1.